The van der Waals surface area contributed by atoms with Crippen LogP contribution in [0.25, 0.3) is 16.9 Å². The minimum Gasteiger partial charge on any atom is -0.507 e. The summed E-state index contributed by atoms with van der Waals surface area (Å²) in [6.07, 6.45) is -1.35. The molecule has 2 saturated carbocycles. The van der Waals surface area contributed by atoms with Gasteiger partial charge in [-0.1, -0.05) is 18.2 Å². The number of carbonyl (C=O) groups is 4. The van der Waals surface area contributed by atoms with Crippen molar-refractivity contribution in [2.24, 2.45) is 23.5 Å². The predicted molar refractivity (Wildman–Crippen MR) is 166 cm³/mol. The second kappa shape index (κ2) is 11.4. The summed E-state index contributed by atoms with van der Waals surface area (Å²) in [5.74, 6) is -8.05. The molecule has 12 heteroatoms. The average molecular weight is 621 g/mol. The molecule has 6 atom stereocenters. The molecule has 5 rings (SSSR count). The minimum absolute atomic E-state index is 0.0127. The van der Waals surface area contributed by atoms with Gasteiger partial charge in [-0.15, -0.1) is 0 Å². The number of anilines is 1. The molecule has 0 heterocycles. The number of hydrogen-bond donors (Lipinski definition) is 7. The Bertz CT molecular complexity index is 1610. The molecule has 45 heavy (non-hydrogen) atoms. The van der Waals surface area contributed by atoms with Gasteiger partial charge in [0.1, 0.15) is 17.4 Å². The molecule has 0 saturated heterocycles. The number of rotatable bonds is 6. The first-order valence-electron chi connectivity index (χ1n) is 14.9. The number of Topliss-reactive ketones (excluding diaryl/α,β-unsaturated/α-hetero) is 2. The van der Waals surface area contributed by atoms with Crippen molar-refractivity contribution < 1.29 is 39.6 Å². The summed E-state index contributed by atoms with van der Waals surface area (Å²) in [5.41, 5.74) is 4.86. The van der Waals surface area contributed by atoms with Crippen LogP contribution in [0.1, 0.15) is 38.3 Å². The highest BCUT2D eigenvalue weighted by atomic mass is 16.3. The fraction of sp³-hybridized carbons (Fsp3) is 0.455. The Hall–Kier alpha value is -4.10. The number of amides is 2. The van der Waals surface area contributed by atoms with Gasteiger partial charge in [0.25, 0.3) is 0 Å². The zero-order valence-electron chi connectivity index (χ0n) is 25.9. The van der Waals surface area contributed by atoms with Crippen molar-refractivity contribution in [2.45, 2.75) is 56.9 Å². The van der Waals surface area contributed by atoms with Gasteiger partial charge in [-0.05, 0) is 88.5 Å². The van der Waals surface area contributed by atoms with Crippen LogP contribution in [0.2, 0.25) is 0 Å². The van der Waals surface area contributed by atoms with E-state index in [-0.39, 0.29) is 47.7 Å². The zero-order valence-corrected chi connectivity index (χ0v) is 25.9. The van der Waals surface area contributed by atoms with Crippen molar-refractivity contribution in [2.75, 3.05) is 26.0 Å². The van der Waals surface area contributed by atoms with Crippen molar-refractivity contribution in [1.29, 1.82) is 0 Å². The molecule has 3 aliphatic rings. The quantitative estimate of drug-likeness (QED) is 0.229. The monoisotopic (exact) mass is 620 g/mol. The van der Waals surface area contributed by atoms with E-state index in [0.717, 1.165) is 5.56 Å². The van der Waals surface area contributed by atoms with Crippen LogP contribution < -0.4 is 16.4 Å². The Morgan fingerprint density at radius 3 is 2.29 bits per heavy atom. The molecule has 8 N–H and O–H groups in total. The molecule has 2 fully saturated rings. The molecule has 2 amide bonds. The average Bonchev–Trinajstić information content (AvgIpc) is 2.94. The van der Waals surface area contributed by atoms with Gasteiger partial charge in [0.05, 0.1) is 18.2 Å². The molecule has 1 unspecified atom stereocenters. The SMILES string of the molecule is CN(C)[C@@H]1[C@@H](O)C(C(N)=O)C(=O)[C@@]2(O)C(=O)C3=C(O)c4c(O)ccc(-c5ccc(NC(=O)CNC(C)(C)C)cc5)c4C[C@H]3C[C@@H]12. The van der Waals surface area contributed by atoms with Gasteiger partial charge in [0, 0.05) is 28.8 Å². The lowest BCUT2D eigenvalue weighted by molar-refractivity contribution is -0.184. The number of hydrogen-bond acceptors (Lipinski definition) is 10. The maximum Gasteiger partial charge on any atom is 0.238 e. The summed E-state index contributed by atoms with van der Waals surface area (Å²) in [7, 11) is 3.21. The van der Waals surface area contributed by atoms with Gasteiger partial charge in [-0.2, -0.15) is 0 Å². The first kappa shape index (κ1) is 32.3. The molecular weight excluding hydrogens is 580 g/mol. The molecule has 240 valence electrons. The van der Waals surface area contributed by atoms with Crippen LogP contribution in [-0.4, -0.2) is 92.6 Å². The highest BCUT2D eigenvalue weighted by Crippen LogP contribution is 2.53. The fourth-order valence-electron chi connectivity index (χ4n) is 7.16. The molecule has 12 nitrogen and oxygen atoms in total. The van der Waals surface area contributed by atoms with Crippen molar-refractivity contribution in [3.63, 3.8) is 0 Å². The lowest BCUT2D eigenvalue weighted by Gasteiger charge is -2.53. The number of aliphatic hydroxyl groups excluding tert-OH is 2. The molecule has 0 spiro atoms. The van der Waals surface area contributed by atoms with E-state index < -0.39 is 58.7 Å². The lowest BCUT2D eigenvalue weighted by atomic mass is 9.54. The molecule has 3 aliphatic carbocycles. The van der Waals surface area contributed by atoms with Crippen molar-refractivity contribution >= 4 is 34.8 Å². The maximum absolute atomic E-state index is 14.0. The normalized spacial score (nSPS) is 28.0. The van der Waals surface area contributed by atoms with E-state index in [1.165, 1.54) is 6.07 Å². The number of phenolic OH excluding ortho intramolecular Hbond substituents is 1. The standard InChI is InChI=1S/C33H40N4O8/c1-32(2,3)35-14-22(39)36-17-8-6-15(7-9-17)18-10-11-21(38)24-19(18)12-16-13-20-26(37(4)5)28(41)25(31(34)44)30(43)33(20,45)29(42)23(16)27(24)40/h6-11,16,20,25-26,28,35,38,40-41,45H,12-14H2,1-5H3,(H2,34,44)(H,36,39)/t16-,20-,25?,26-,28-,33-/m0/s1. The molecular formula is C33H40N4O8. The third-order valence-electron chi connectivity index (χ3n) is 9.23. The van der Waals surface area contributed by atoms with Crippen LogP contribution in [0.5, 0.6) is 5.75 Å². The van der Waals surface area contributed by atoms with Crippen molar-refractivity contribution in [3.8, 4) is 16.9 Å². The smallest absolute Gasteiger partial charge is 0.238 e. The molecule has 2 aromatic rings. The molecule has 0 aliphatic heterocycles. The highest BCUT2D eigenvalue weighted by Gasteiger charge is 2.67. The van der Waals surface area contributed by atoms with Gasteiger partial charge in [0.15, 0.2) is 11.4 Å². The van der Waals surface area contributed by atoms with E-state index in [4.69, 9.17) is 5.73 Å². The second-order valence-electron chi connectivity index (χ2n) is 13.5. The third kappa shape index (κ3) is 5.41. The summed E-state index contributed by atoms with van der Waals surface area (Å²) >= 11 is 0. The fourth-order valence-corrected chi connectivity index (χ4v) is 7.16. The minimum atomic E-state index is -2.71. The zero-order chi connectivity index (χ0) is 33.2. The Labute approximate surface area is 260 Å². The number of phenols is 1. The molecule has 0 radical (unpaired) electrons. The summed E-state index contributed by atoms with van der Waals surface area (Å²) in [6, 6.07) is 9.18. The van der Waals surface area contributed by atoms with E-state index in [9.17, 15) is 39.6 Å². The Balaban J connectivity index is 1.53. The van der Waals surface area contributed by atoms with E-state index >= 15 is 0 Å². The van der Waals surface area contributed by atoms with E-state index in [1.807, 2.05) is 20.8 Å². The van der Waals surface area contributed by atoms with Gasteiger partial charge in [-0.3, -0.25) is 19.2 Å². The van der Waals surface area contributed by atoms with Crippen molar-refractivity contribution in [3.05, 3.63) is 53.1 Å². The number of benzene rings is 2. The molecule has 0 bridgehead atoms. The number of fused-ring (bicyclic) bond motifs is 3. The summed E-state index contributed by atoms with van der Waals surface area (Å²) in [4.78, 5) is 53.7. The van der Waals surface area contributed by atoms with Crippen LogP contribution >= 0.6 is 0 Å². The van der Waals surface area contributed by atoms with Crippen LogP contribution in [0.3, 0.4) is 0 Å². The van der Waals surface area contributed by atoms with Crippen LogP contribution in [0.4, 0.5) is 5.69 Å². The topological polar surface area (TPSA) is 203 Å². The first-order chi connectivity index (χ1) is 21.0. The number of aliphatic hydroxyl groups is 3. The number of carbonyl (C=O) groups excluding carboxylic acids is 4. The number of ketones is 2. The first-order valence-corrected chi connectivity index (χ1v) is 14.9. The van der Waals surface area contributed by atoms with Crippen LogP contribution in [-0.2, 0) is 25.6 Å². The van der Waals surface area contributed by atoms with Gasteiger partial charge in [-0.25, -0.2) is 0 Å². The Morgan fingerprint density at radius 2 is 1.71 bits per heavy atom. The third-order valence-corrected chi connectivity index (χ3v) is 9.23. The number of primary amides is 1. The van der Waals surface area contributed by atoms with Gasteiger partial charge >= 0.3 is 0 Å². The van der Waals surface area contributed by atoms with Crippen LogP contribution in [0.15, 0.2) is 42.0 Å². The number of likely N-dealkylation sites (N-methyl/N-ethyl adjacent to an activating group) is 1. The second-order valence-corrected chi connectivity index (χ2v) is 13.5. The largest absolute Gasteiger partial charge is 0.507 e. The van der Waals surface area contributed by atoms with E-state index in [2.05, 4.69) is 10.6 Å². The number of aromatic hydroxyl groups is 1. The summed E-state index contributed by atoms with van der Waals surface area (Å²) < 4.78 is 0. The summed E-state index contributed by atoms with van der Waals surface area (Å²) in [5, 5.41) is 51.1. The molecule has 2 aromatic carbocycles. The van der Waals surface area contributed by atoms with Crippen molar-refractivity contribution in [1.82, 2.24) is 10.2 Å². The van der Waals surface area contributed by atoms with Gasteiger partial charge in [0.2, 0.25) is 17.6 Å². The van der Waals surface area contributed by atoms with E-state index in [0.29, 0.717) is 16.8 Å². The molecule has 0 aromatic heterocycles. The van der Waals surface area contributed by atoms with Gasteiger partial charge < -0.3 is 41.7 Å². The highest BCUT2D eigenvalue weighted by molar-refractivity contribution is 6.25. The number of nitrogens with zero attached hydrogens (tertiary/aromatic N) is 1. The Morgan fingerprint density at radius 1 is 1.07 bits per heavy atom. The number of nitrogens with one attached hydrogen (secondary N) is 2. The maximum atomic E-state index is 14.0. The van der Waals surface area contributed by atoms with Crippen LogP contribution in [0, 0.1) is 17.8 Å². The lowest BCUT2D eigenvalue weighted by Crippen LogP contribution is -2.73. The van der Waals surface area contributed by atoms with E-state index in [1.54, 1.807) is 49.3 Å². The predicted octanol–water partition coefficient (Wildman–Crippen LogP) is 1.12. The summed E-state index contributed by atoms with van der Waals surface area (Å²) in [6.45, 7) is 6.03. The number of nitrogens with two attached hydrogens (primary N) is 1. The Kier molecular flexibility index (Phi) is 8.15.